The quantitative estimate of drug-likeness (QED) is 0.395. The van der Waals surface area contributed by atoms with E-state index in [1.165, 1.54) is 0 Å². The number of Topliss-reactive ketones (excluding diaryl/α,β-unsaturated/α-hetero) is 2. The second-order valence-electron chi connectivity index (χ2n) is 1.57. The van der Waals surface area contributed by atoms with Crippen molar-refractivity contribution in [2.45, 2.75) is 6.42 Å². The molecule has 1 rings (SSSR count). The number of aliphatic imine (C=N–C) groups is 1. The highest BCUT2D eigenvalue weighted by Crippen LogP contribution is 1.92. The van der Waals surface area contributed by atoms with Crippen LogP contribution in [0.4, 0.5) is 0 Å². The fourth-order valence-electron chi connectivity index (χ4n) is 0.482. The van der Waals surface area contributed by atoms with E-state index in [1.807, 2.05) is 0 Å². The SMILES string of the molecule is O=C1CC=NC(=O)C1=O. The minimum atomic E-state index is -1.00. The van der Waals surface area contributed by atoms with E-state index in [1.54, 1.807) is 0 Å². The molecule has 1 aliphatic rings. The summed E-state index contributed by atoms with van der Waals surface area (Å²) in [5.74, 6) is -2.63. The van der Waals surface area contributed by atoms with Crippen molar-refractivity contribution in [3.8, 4) is 0 Å². The number of hydrogen-bond donors (Lipinski definition) is 0. The highest BCUT2D eigenvalue weighted by molar-refractivity contribution is 6.66. The Morgan fingerprint density at radius 1 is 1.33 bits per heavy atom. The predicted octanol–water partition coefficient (Wildman–Crippen LogP) is -0.874. The Morgan fingerprint density at radius 2 is 2.00 bits per heavy atom. The molecule has 0 aromatic carbocycles. The molecule has 4 heteroatoms. The van der Waals surface area contributed by atoms with Crippen molar-refractivity contribution in [3.63, 3.8) is 0 Å². The van der Waals surface area contributed by atoms with E-state index >= 15 is 0 Å². The Hall–Kier alpha value is -1.32. The molecule has 1 aliphatic heterocycles. The summed E-state index contributed by atoms with van der Waals surface area (Å²) in [6, 6.07) is 0. The summed E-state index contributed by atoms with van der Waals surface area (Å²) in [6.07, 6.45) is 1.11. The first-order chi connectivity index (χ1) is 4.22. The summed E-state index contributed by atoms with van der Waals surface area (Å²) in [7, 11) is 0. The van der Waals surface area contributed by atoms with Gasteiger partial charge in [-0.3, -0.25) is 14.4 Å². The van der Waals surface area contributed by atoms with E-state index in [0.717, 1.165) is 6.21 Å². The Kier molecular flexibility index (Phi) is 1.22. The van der Waals surface area contributed by atoms with Crippen LogP contribution in [0.3, 0.4) is 0 Å². The summed E-state index contributed by atoms with van der Waals surface area (Å²) in [5, 5.41) is 0. The Bertz CT molecular complexity index is 216. The van der Waals surface area contributed by atoms with Gasteiger partial charge in [0.1, 0.15) is 0 Å². The number of hydrogen-bond acceptors (Lipinski definition) is 3. The normalized spacial score (nSPS) is 18.9. The van der Waals surface area contributed by atoms with Crippen LogP contribution in [-0.4, -0.2) is 23.7 Å². The third kappa shape index (κ3) is 0.910. The lowest BCUT2D eigenvalue weighted by Crippen LogP contribution is -2.26. The maximum Gasteiger partial charge on any atom is 0.320 e. The maximum absolute atomic E-state index is 10.3. The molecule has 0 saturated heterocycles. The van der Waals surface area contributed by atoms with Gasteiger partial charge >= 0.3 is 5.91 Å². The monoisotopic (exact) mass is 125 g/mol. The van der Waals surface area contributed by atoms with Crippen LogP contribution in [0.25, 0.3) is 0 Å². The van der Waals surface area contributed by atoms with Crippen molar-refractivity contribution >= 4 is 23.7 Å². The van der Waals surface area contributed by atoms with Gasteiger partial charge in [0.15, 0.2) is 0 Å². The molecule has 0 aromatic heterocycles. The average Bonchev–Trinajstić information content (AvgIpc) is 1.83. The standard InChI is InChI=1S/C5H3NO3/c7-3-1-2-6-5(9)4(3)8/h2H,1H2. The molecule has 0 radical (unpaired) electrons. The zero-order valence-corrected chi connectivity index (χ0v) is 4.46. The highest BCUT2D eigenvalue weighted by atomic mass is 16.2. The van der Waals surface area contributed by atoms with Gasteiger partial charge < -0.3 is 0 Å². The lowest BCUT2D eigenvalue weighted by atomic mass is 10.1. The molecular weight excluding hydrogens is 122 g/mol. The van der Waals surface area contributed by atoms with E-state index in [2.05, 4.69) is 4.99 Å². The number of carbonyl (C=O) groups is 3. The van der Waals surface area contributed by atoms with Crippen LogP contribution in [0.1, 0.15) is 6.42 Å². The summed E-state index contributed by atoms with van der Waals surface area (Å²) in [4.78, 5) is 34.0. The molecular formula is C5H3NO3. The molecule has 0 spiro atoms. The first-order valence-electron chi connectivity index (χ1n) is 2.36. The summed E-state index contributed by atoms with van der Waals surface area (Å²) < 4.78 is 0. The molecule has 1 heterocycles. The van der Waals surface area contributed by atoms with Gasteiger partial charge in [-0.25, -0.2) is 4.99 Å². The van der Waals surface area contributed by atoms with Crippen LogP contribution in [-0.2, 0) is 14.4 Å². The van der Waals surface area contributed by atoms with Crippen molar-refractivity contribution in [1.82, 2.24) is 0 Å². The third-order valence-corrected chi connectivity index (χ3v) is 0.933. The molecule has 0 bridgehead atoms. The van der Waals surface area contributed by atoms with Crippen LogP contribution in [0.15, 0.2) is 4.99 Å². The topological polar surface area (TPSA) is 63.6 Å². The number of nitrogens with zero attached hydrogens (tertiary/aromatic N) is 1. The third-order valence-electron chi connectivity index (χ3n) is 0.933. The number of amides is 1. The van der Waals surface area contributed by atoms with E-state index in [0.29, 0.717) is 0 Å². The first kappa shape index (κ1) is 5.81. The molecule has 4 nitrogen and oxygen atoms in total. The van der Waals surface area contributed by atoms with Gasteiger partial charge in [0.2, 0.25) is 5.78 Å². The Morgan fingerprint density at radius 3 is 2.44 bits per heavy atom. The second kappa shape index (κ2) is 1.89. The van der Waals surface area contributed by atoms with Crippen LogP contribution >= 0.6 is 0 Å². The average molecular weight is 125 g/mol. The molecule has 0 saturated carbocycles. The zero-order valence-electron chi connectivity index (χ0n) is 4.46. The Balaban J connectivity index is 2.94. The van der Waals surface area contributed by atoms with E-state index < -0.39 is 17.5 Å². The minimum Gasteiger partial charge on any atom is -0.290 e. The fourth-order valence-corrected chi connectivity index (χ4v) is 0.482. The number of ketones is 2. The molecule has 0 N–H and O–H groups in total. The molecule has 46 valence electrons. The predicted molar refractivity (Wildman–Crippen MR) is 28.1 cm³/mol. The van der Waals surface area contributed by atoms with Gasteiger partial charge in [0, 0.05) is 6.21 Å². The molecule has 9 heavy (non-hydrogen) atoms. The lowest BCUT2D eigenvalue weighted by molar-refractivity contribution is -0.143. The van der Waals surface area contributed by atoms with Crippen molar-refractivity contribution in [2.24, 2.45) is 4.99 Å². The Labute approximate surface area is 50.6 Å². The molecule has 0 fully saturated rings. The van der Waals surface area contributed by atoms with Gasteiger partial charge in [-0.1, -0.05) is 0 Å². The van der Waals surface area contributed by atoms with E-state index in [4.69, 9.17) is 0 Å². The van der Waals surface area contributed by atoms with Crippen LogP contribution in [0.2, 0.25) is 0 Å². The van der Waals surface area contributed by atoms with Crippen LogP contribution in [0, 0.1) is 0 Å². The van der Waals surface area contributed by atoms with Gasteiger partial charge in [0.25, 0.3) is 5.78 Å². The maximum atomic E-state index is 10.3. The fraction of sp³-hybridized carbons (Fsp3) is 0.200. The van der Waals surface area contributed by atoms with Crippen molar-refractivity contribution < 1.29 is 14.4 Å². The van der Waals surface area contributed by atoms with E-state index in [-0.39, 0.29) is 6.42 Å². The highest BCUT2D eigenvalue weighted by Gasteiger charge is 2.23. The van der Waals surface area contributed by atoms with Gasteiger partial charge in [0.05, 0.1) is 6.42 Å². The van der Waals surface area contributed by atoms with Crippen molar-refractivity contribution in [2.75, 3.05) is 0 Å². The van der Waals surface area contributed by atoms with Crippen LogP contribution < -0.4 is 0 Å². The van der Waals surface area contributed by atoms with Crippen molar-refractivity contribution in [1.29, 1.82) is 0 Å². The smallest absolute Gasteiger partial charge is 0.290 e. The molecule has 0 atom stereocenters. The molecule has 0 aromatic rings. The first-order valence-corrected chi connectivity index (χ1v) is 2.36. The summed E-state index contributed by atoms with van der Waals surface area (Å²) in [5.41, 5.74) is 0. The molecule has 1 amide bonds. The summed E-state index contributed by atoms with van der Waals surface area (Å²) in [6.45, 7) is 0. The number of rotatable bonds is 0. The molecule has 0 aliphatic carbocycles. The van der Waals surface area contributed by atoms with Gasteiger partial charge in [-0.05, 0) is 0 Å². The van der Waals surface area contributed by atoms with Gasteiger partial charge in [-0.15, -0.1) is 0 Å². The van der Waals surface area contributed by atoms with Crippen LogP contribution in [0.5, 0.6) is 0 Å². The van der Waals surface area contributed by atoms with Gasteiger partial charge in [-0.2, -0.15) is 0 Å². The lowest BCUT2D eigenvalue weighted by Gasteiger charge is -1.95. The summed E-state index contributed by atoms with van der Waals surface area (Å²) >= 11 is 0. The van der Waals surface area contributed by atoms with Crippen molar-refractivity contribution in [3.05, 3.63) is 0 Å². The molecule has 0 unspecified atom stereocenters. The largest absolute Gasteiger partial charge is 0.320 e. The zero-order chi connectivity index (χ0) is 6.85. The van der Waals surface area contributed by atoms with E-state index in [9.17, 15) is 14.4 Å². The second-order valence-corrected chi connectivity index (χ2v) is 1.57. The minimum absolute atomic E-state index is 0.0371. The number of carbonyl (C=O) groups excluding carboxylic acids is 3.